The number of nitrogens with zero attached hydrogens (tertiary/aromatic N) is 6. The first kappa shape index (κ1) is 23.1. The zero-order valence-electron chi connectivity index (χ0n) is 19.1. The van der Waals surface area contributed by atoms with E-state index >= 15 is 0 Å². The standard InChI is InChI=1S/C20H28N8.C3H8/c1-15-4-3-9-28(15)19-5-6-22-20(26-19)25-16(2)17-12-23-18(24-13-17)14-27-10-7-21-8-11-27;1-3-2/h5-6,12-13,16,21H,1,3-4,7-11,14H2,2H3,(H,22,25,26);3H2,1-2H3. The van der Waals surface area contributed by atoms with Gasteiger partial charge in [0.05, 0.1) is 12.6 Å². The molecule has 2 N–H and O–H groups in total. The first-order valence-electron chi connectivity index (χ1n) is 11.4. The molecule has 0 amide bonds. The summed E-state index contributed by atoms with van der Waals surface area (Å²) in [6, 6.07) is 1.95. The van der Waals surface area contributed by atoms with Gasteiger partial charge < -0.3 is 15.5 Å². The maximum Gasteiger partial charge on any atom is 0.225 e. The molecule has 0 spiro atoms. The van der Waals surface area contributed by atoms with Crippen molar-refractivity contribution in [3.8, 4) is 0 Å². The summed E-state index contributed by atoms with van der Waals surface area (Å²) in [6.45, 7) is 16.4. The predicted octanol–water partition coefficient (Wildman–Crippen LogP) is 3.38. The second-order valence-electron chi connectivity index (χ2n) is 8.09. The molecule has 1 unspecified atom stereocenters. The predicted molar refractivity (Wildman–Crippen MR) is 126 cm³/mol. The maximum absolute atomic E-state index is 4.66. The third-order valence-electron chi connectivity index (χ3n) is 5.29. The third kappa shape index (κ3) is 6.70. The Hall–Kier alpha value is -2.58. The van der Waals surface area contributed by atoms with Crippen LogP contribution in [0.1, 0.15) is 57.5 Å². The second kappa shape index (κ2) is 11.7. The molecule has 8 nitrogen and oxygen atoms in total. The van der Waals surface area contributed by atoms with Crippen LogP contribution in [0, 0.1) is 0 Å². The van der Waals surface area contributed by atoms with Gasteiger partial charge in [0, 0.05) is 62.6 Å². The third-order valence-corrected chi connectivity index (χ3v) is 5.29. The van der Waals surface area contributed by atoms with Gasteiger partial charge in [0.1, 0.15) is 11.6 Å². The summed E-state index contributed by atoms with van der Waals surface area (Å²) in [5.41, 5.74) is 2.13. The molecule has 31 heavy (non-hydrogen) atoms. The van der Waals surface area contributed by atoms with E-state index in [-0.39, 0.29) is 6.04 Å². The van der Waals surface area contributed by atoms with E-state index in [9.17, 15) is 0 Å². The highest BCUT2D eigenvalue weighted by atomic mass is 15.2. The normalized spacial score (nSPS) is 17.8. The summed E-state index contributed by atoms with van der Waals surface area (Å²) in [6.07, 6.45) is 8.99. The van der Waals surface area contributed by atoms with E-state index in [1.54, 1.807) is 6.20 Å². The van der Waals surface area contributed by atoms with Crippen molar-refractivity contribution in [2.24, 2.45) is 0 Å². The molecule has 4 heterocycles. The number of hydrogen-bond acceptors (Lipinski definition) is 8. The molecule has 2 aliphatic rings. The Bertz CT molecular complexity index is 817. The molecule has 4 rings (SSSR count). The molecule has 2 aromatic rings. The van der Waals surface area contributed by atoms with Crippen molar-refractivity contribution in [1.29, 1.82) is 0 Å². The van der Waals surface area contributed by atoms with Gasteiger partial charge in [-0.2, -0.15) is 4.98 Å². The molecule has 0 saturated carbocycles. The molecular weight excluding hydrogens is 388 g/mol. The highest BCUT2D eigenvalue weighted by Crippen LogP contribution is 2.26. The summed E-state index contributed by atoms with van der Waals surface area (Å²) in [7, 11) is 0. The lowest BCUT2D eigenvalue weighted by molar-refractivity contribution is 0.228. The second-order valence-corrected chi connectivity index (χ2v) is 8.09. The van der Waals surface area contributed by atoms with Crippen molar-refractivity contribution >= 4 is 11.8 Å². The molecule has 2 aromatic heterocycles. The number of rotatable bonds is 6. The van der Waals surface area contributed by atoms with Gasteiger partial charge in [0.25, 0.3) is 0 Å². The van der Waals surface area contributed by atoms with E-state index in [4.69, 9.17) is 0 Å². The van der Waals surface area contributed by atoms with E-state index in [1.807, 2.05) is 18.5 Å². The Morgan fingerprint density at radius 2 is 1.84 bits per heavy atom. The fourth-order valence-electron chi connectivity index (χ4n) is 3.60. The van der Waals surface area contributed by atoms with Crippen LogP contribution < -0.4 is 15.5 Å². The molecule has 168 valence electrons. The topological polar surface area (TPSA) is 82.1 Å². The van der Waals surface area contributed by atoms with E-state index in [0.29, 0.717) is 5.95 Å². The largest absolute Gasteiger partial charge is 0.348 e. The van der Waals surface area contributed by atoms with E-state index in [1.165, 1.54) is 6.42 Å². The first-order chi connectivity index (χ1) is 15.1. The lowest BCUT2D eigenvalue weighted by Crippen LogP contribution is -2.43. The average Bonchev–Trinajstić information content (AvgIpc) is 3.22. The van der Waals surface area contributed by atoms with Crippen LogP contribution in [0.25, 0.3) is 0 Å². The van der Waals surface area contributed by atoms with Gasteiger partial charge in [-0.05, 0) is 25.8 Å². The van der Waals surface area contributed by atoms with Crippen LogP contribution in [0.2, 0.25) is 0 Å². The molecule has 0 aromatic carbocycles. The van der Waals surface area contributed by atoms with Crippen LogP contribution in [-0.4, -0.2) is 57.6 Å². The average molecular weight is 425 g/mol. The van der Waals surface area contributed by atoms with Gasteiger partial charge >= 0.3 is 0 Å². The van der Waals surface area contributed by atoms with E-state index < -0.39 is 0 Å². The number of hydrogen-bond donors (Lipinski definition) is 2. The van der Waals surface area contributed by atoms with Gasteiger partial charge in [-0.15, -0.1) is 0 Å². The van der Waals surface area contributed by atoms with Crippen LogP contribution in [0.15, 0.2) is 36.9 Å². The van der Waals surface area contributed by atoms with E-state index in [0.717, 1.165) is 75.0 Å². The van der Waals surface area contributed by atoms with Gasteiger partial charge in [-0.25, -0.2) is 15.0 Å². The summed E-state index contributed by atoms with van der Waals surface area (Å²) < 4.78 is 0. The molecule has 2 aliphatic heterocycles. The summed E-state index contributed by atoms with van der Waals surface area (Å²) in [5.74, 6) is 2.37. The van der Waals surface area contributed by atoms with Gasteiger partial charge in [-0.1, -0.05) is 26.8 Å². The van der Waals surface area contributed by atoms with Crippen LogP contribution in [0.3, 0.4) is 0 Å². The highest BCUT2D eigenvalue weighted by molar-refractivity contribution is 5.49. The summed E-state index contributed by atoms with van der Waals surface area (Å²) >= 11 is 0. The van der Waals surface area contributed by atoms with E-state index in [2.05, 4.69) is 67.7 Å². The van der Waals surface area contributed by atoms with Crippen LogP contribution >= 0.6 is 0 Å². The molecule has 0 aliphatic carbocycles. The minimum absolute atomic E-state index is 0.0188. The van der Waals surface area contributed by atoms with Gasteiger partial charge in [0.2, 0.25) is 5.95 Å². The number of piperazine rings is 1. The Balaban J connectivity index is 0.000000858. The summed E-state index contributed by atoms with van der Waals surface area (Å²) in [5, 5.41) is 6.72. The summed E-state index contributed by atoms with van der Waals surface area (Å²) in [4.78, 5) is 22.7. The van der Waals surface area contributed by atoms with Crippen molar-refractivity contribution in [2.45, 2.75) is 52.6 Å². The van der Waals surface area contributed by atoms with Gasteiger partial charge in [-0.3, -0.25) is 4.90 Å². The number of allylic oxidation sites excluding steroid dienone is 1. The smallest absolute Gasteiger partial charge is 0.225 e. The number of nitrogens with one attached hydrogen (secondary N) is 2. The molecule has 2 saturated heterocycles. The molecule has 0 radical (unpaired) electrons. The Morgan fingerprint density at radius 1 is 1.13 bits per heavy atom. The number of anilines is 2. The van der Waals surface area contributed by atoms with Crippen molar-refractivity contribution < 1.29 is 0 Å². The minimum Gasteiger partial charge on any atom is -0.348 e. The molecule has 2 fully saturated rings. The quantitative estimate of drug-likeness (QED) is 0.730. The van der Waals surface area contributed by atoms with Crippen molar-refractivity contribution in [3.63, 3.8) is 0 Å². The van der Waals surface area contributed by atoms with Crippen molar-refractivity contribution in [3.05, 3.63) is 48.3 Å². The lowest BCUT2D eigenvalue weighted by Gasteiger charge is -2.26. The molecule has 0 bridgehead atoms. The maximum atomic E-state index is 4.66. The van der Waals surface area contributed by atoms with Crippen molar-refractivity contribution in [1.82, 2.24) is 30.2 Å². The minimum atomic E-state index is 0.0188. The fourth-order valence-corrected chi connectivity index (χ4v) is 3.60. The zero-order valence-corrected chi connectivity index (χ0v) is 19.1. The molecule has 8 heteroatoms. The van der Waals surface area contributed by atoms with Crippen LogP contribution in [-0.2, 0) is 6.54 Å². The Labute approximate surface area is 186 Å². The molecule has 1 atom stereocenters. The van der Waals surface area contributed by atoms with Crippen LogP contribution in [0.5, 0.6) is 0 Å². The molecular formula is C23H36N8. The van der Waals surface area contributed by atoms with Crippen molar-refractivity contribution in [2.75, 3.05) is 42.9 Å². The number of aromatic nitrogens is 4. The monoisotopic (exact) mass is 424 g/mol. The zero-order chi connectivity index (χ0) is 22.1. The van der Waals surface area contributed by atoms with Gasteiger partial charge in [0.15, 0.2) is 0 Å². The van der Waals surface area contributed by atoms with Crippen LogP contribution in [0.4, 0.5) is 11.8 Å². The lowest BCUT2D eigenvalue weighted by atomic mass is 10.2. The Morgan fingerprint density at radius 3 is 2.48 bits per heavy atom. The highest BCUT2D eigenvalue weighted by Gasteiger charge is 2.19. The fraction of sp³-hybridized carbons (Fsp3) is 0.565. The SMILES string of the molecule is C=C1CCCN1c1ccnc(NC(C)c2cnc(CN3CCNCC3)nc2)n1.CCC. The first-order valence-corrected chi connectivity index (χ1v) is 11.4. The Kier molecular flexibility index (Phi) is 8.73.